The predicted octanol–water partition coefficient (Wildman–Crippen LogP) is 3.26. The predicted molar refractivity (Wildman–Crippen MR) is 122 cm³/mol. The molecule has 0 unspecified atom stereocenters. The van der Waals surface area contributed by atoms with Gasteiger partial charge in [-0.05, 0) is 57.7 Å². The molecule has 0 spiro atoms. The van der Waals surface area contributed by atoms with Gasteiger partial charge in [0.05, 0.1) is 10.6 Å². The molecule has 2 amide bonds. The summed E-state index contributed by atoms with van der Waals surface area (Å²) in [4.78, 5) is 42.7. The number of aryl methyl sites for hydroxylation is 2. The van der Waals surface area contributed by atoms with Crippen LogP contribution in [0, 0.1) is 20.8 Å². The summed E-state index contributed by atoms with van der Waals surface area (Å²) in [6, 6.07) is 2.15. The maximum Gasteiger partial charge on any atom is 0.407 e. The molecule has 0 aromatic carbocycles. The van der Waals surface area contributed by atoms with Crippen LogP contribution in [0.2, 0.25) is 0 Å². The van der Waals surface area contributed by atoms with Crippen molar-refractivity contribution in [2.45, 2.75) is 53.1 Å². The number of anilines is 1. The zero-order chi connectivity index (χ0) is 22.7. The van der Waals surface area contributed by atoms with Gasteiger partial charge in [0.25, 0.3) is 11.5 Å². The second-order valence-electron chi connectivity index (χ2n) is 7.99. The molecular formula is C22H30N4O4S. The fraction of sp³-hybridized carbons (Fsp3) is 0.500. The molecule has 2 aromatic heterocycles. The highest BCUT2D eigenvalue weighted by Gasteiger charge is 2.28. The number of carbonyl (C=O) groups excluding carboxylic acids is 1. The Morgan fingerprint density at radius 3 is 2.55 bits per heavy atom. The first-order chi connectivity index (χ1) is 14.7. The third-order valence-electron chi connectivity index (χ3n) is 5.95. The summed E-state index contributed by atoms with van der Waals surface area (Å²) in [5.74, 6) is -0.198. The van der Waals surface area contributed by atoms with Gasteiger partial charge in [-0.1, -0.05) is 0 Å². The standard InChI is InChI=1S/C22H30N4O4S/c1-5-26(16-6-8-25(9-7-16)22(29)30)21-15(4)18(12-31-21)19(27)23-11-17-13(2)10-14(3)24-20(17)28/h10,12,16H,5-9,11H2,1-4H3,(H,23,27)(H,24,28)(H,29,30). The second-order valence-corrected chi connectivity index (χ2v) is 8.85. The lowest BCUT2D eigenvalue weighted by atomic mass is 10.0. The Morgan fingerprint density at radius 2 is 1.97 bits per heavy atom. The van der Waals surface area contributed by atoms with Gasteiger partial charge >= 0.3 is 6.09 Å². The maximum atomic E-state index is 12.8. The average Bonchev–Trinajstić information content (AvgIpc) is 3.09. The lowest BCUT2D eigenvalue weighted by molar-refractivity contribution is 0.0950. The van der Waals surface area contributed by atoms with Crippen LogP contribution in [0.4, 0.5) is 9.80 Å². The molecule has 31 heavy (non-hydrogen) atoms. The Labute approximate surface area is 185 Å². The van der Waals surface area contributed by atoms with E-state index in [-0.39, 0.29) is 24.1 Å². The average molecular weight is 447 g/mol. The number of aromatic amines is 1. The first-order valence-electron chi connectivity index (χ1n) is 10.5. The van der Waals surface area contributed by atoms with E-state index < -0.39 is 6.09 Å². The van der Waals surface area contributed by atoms with Crippen LogP contribution in [0.1, 0.15) is 52.5 Å². The molecule has 0 aliphatic carbocycles. The first-order valence-corrected chi connectivity index (χ1v) is 11.4. The van der Waals surface area contributed by atoms with Crippen LogP contribution < -0.4 is 15.8 Å². The number of amides is 2. The molecule has 3 rings (SSSR count). The number of carboxylic acid groups (broad SMARTS) is 1. The van der Waals surface area contributed by atoms with Crippen molar-refractivity contribution >= 4 is 28.3 Å². The highest BCUT2D eigenvalue weighted by Crippen LogP contribution is 2.34. The molecule has 0 atom stereocenters. The molecule has 168 valence electrons. The van der Waals surface area contributed by atoms with Crippen LogP contribution in [0.5, 0.6) is 0 Å². The van der Waals surface area contributed by atoms with Gasteiger partial charge in [-0.3, -0.25) is 9.59 Å². The number of nitrogens with zero attached hydrogens (tertiary/aromatic N) is 2. The number of aromatic nitrogens is 1. The molecule has 0 radical (unpaired) electrons. The molecule has 8 nitrogen and oxygen atoms in total. The minimum atomic E-state index is -0.865. The number of likely N-dealkylation sites (tertiary alicyclic amines) is 1. The molecule has 0 bridgehead atoms. The Kier molecular flexibility index (Phi) is 7.04. The summed E-state index contributed by atoms with van der Waals surface area (Å²) < 4.78 is 0. The Hall–Kier alpha value is -2.81. The number of pyridine rings is 1. The number of piperidine rings is 1. The normalized spacial score (nSPS) is 14.5. The highest BCUT2D eigenvalue weighted by molar-refractivity contribution is 7.14. The number of thiophene rings is 1. The summed E-state index contributed by atoms with van der Waals surface area (Å²) in [6.45, 7) is 9.74. The Morgan fingerprint density at radius 1 is 1.29 bits per heavy atom. The van der Waals surface area contributed by atoms with Crippen LogP contribution in [0.15, 0.2) is 16.2 Å². The van der Waals surface area contributed by atoms with Gasteiger partial charge in [0, 0.05) is 48.9 Å². The number of hydrogen-bond donors (Lipinski definition) is 3. The van der Waals surface area contributed by atoms with Gasteiger partial charge in [0.1, 0.15) is 0 Å². The zero-order valence-corrected chi connectivity index (χ0v) is 19.3. The van der Waals surface area contributed by atoms with Crippen molar-refractivity contribution in [1.29, 1.82) is 0 Å². The molecule has 1 aliphatic heterocycles. The van der Waals surface area contributed by atoms with Crippen molar-refractivity contribution in [3.63, 3.8) is 0 Å². The van der Waals surface area contributed by atoms with E-state index in [4.69, 9.17) is 0 Å². The molecular weight excluding hydrogens is 416 g/mol. The quantitative estimate of drug-likeness (QED) is 0.632. The minimum absolute atomic E-state index is 0.176. The molecule has 3 N–H and O–H groups in total. The number of carbonyl (C=O) groups is 2. The molecule has 9 heteroatoms. The van der Waals surface area contributed by atoms with E-state index in [1.54, 1.807) is 0 Å². The van der Waals surface area contributed by atoms with Gasteiger partial charge in [-0.2, -0.15) is 0 Å². The van der Waals surface area contributed by atoms with E-state index in [1.807, 2.05) is 32.2 Å². The van der Waals surface area contributed by atoms with E-state index in [2.05, 4.69) is 22.1 Å². The lowest BCUT2D eigenvalue weighted by Gasteiger charge is -2.38. The molecule has 2 aromatic rings. The first kappa shape index (κ1) is 22.9. The van der Waals surface area contributed by atoms with Crippen LogP contribution >= 0.6 is 11.3 Å². The molecule has 1 aliphatic rings. The maximum absolute atomic E-state index is 12.8. The van der Waals surface area contributed by atoms with Crippen molar-refractivity contribution in [2.75, 3.05) is 24.5 Å². The second kappa shape index (κ2) is 9.55. The van der Waals surface area contributed by atoms with Gasteiger partial charge in [-0.25, -0.2) is 4.79 Å². The topological polar surface area (TPSA) is 106 Å². The largest absolute Gasteiger partial charge is 0.465 e. The molecule has 1 saturated heterocycles. The van der Waals surface area contributed by atoms with Crippen molar-refractivity contribution in [3.8, 4) is 0 Å². The van der Waals surface area contributed by atoms with E-state index >= 15 is 0 Å². The van der Waals surface area contributed by atoms with Crippen molar-refractivity contribution in [3.05, 3.63) is 49.7 Å². The highest BCUT2D eigenvalue weighted by atomic mass is 32.1. The van der Waals surface area contributed by atoms with Gasteiger partial charge in [0.15, 0.2) is 0 Å². The number of nitrogens with one attached hydrogen (secondary N) is 2. The van der Waals surface area contributed by atoms with Gasteiger partial charge in [0.2, 0.25) is 0 Å². The van der Waals surface area contributed by atoms with E-state index in [9.17, 15) is 19.5 Å². The third-order valence-corrected chi connectivity index (χ3v) is 7.07. The zero-order valence-electron chi connectivity index (χ0n) is 18.4. The lowest BCUT2D eigenvalue weighted by Crippen LogP contribution is -2.46. The summed E-state index contributed by atoms with van der Waals surface area (Å²) >= 11 is 1.54. The van der Waals surface area contributed by atoms with Gasteiger partial charge in [-0.15, -0.1) is 11.3 Å². The molecule has 0 saturated carbocycles. The van der Waals surface area contributed by atoms with E-state index in [0.717, 1.165) is 41.2 Å². The summed E-state index contributed by atoms with van der Waals surface area (Å²) in [5, 5.41) is 15.0. The fourth-order valence-electron chi connectivity index (χ4n) is 4.22. The Bertz CT molecular complexity index is 1020. The summed E-state index contributed by atoms with van der Waals surface area (Å²) in [7, 11) is 0. The van der Waals surface area contributed by atoms with Crippen LogP contribution in [-0.4, -0.2) is 52.7 Å². The van der Waals surface area contributed by atoms with Crippen LogP contribution in [-0.2, 0) is 6.54 Å². The van der Waals surface area contributed by atoms with Crippen molar-refractivity contribution < 1.29 is 14.7 Å². The van der Waals surface area contributed by atoms with E-state index in [1.165, 1.54) is 16.2 Å². The number of hydrogen-bond acceptors (Lipinski definition) is 5. The number of H-pyrrole nitrogens is 1. The number of rotatable bonds is 6. The molecule has 1 fully saturated rings. The Balaban J connectivity index is 1.71. The monoisotopic (exact) mass is 446 g/mol. The van der Waals surface area contributed by atoms with Crippen LogP contribution in [0.3, 0.4) is 0 Å². The fourth-order valence-corrected chi connectivity index (χ4v) is 5.43. The SMILES string of the molecule is CCN(c1scc(C(=O)NCc2c(C)cc(C)[nH]c2=O)c1C)C1CCN(C(=O)O)CC1. The summed E-state index contributed by atoms with van der Waals surface area (Å²) in [6.07, 6.45) is 0.679. The summed E-state index contributed by atoms with van der Waals surface area (Å²) in [5.41, 5.74) is 3.57. The minimum Gasteiger partial charge on any atom is -0.465 e. The van der Waals surface area contributed by atoms with Crippen molar-refractivity contribution in [1.82, 2.24) is 15.2 Å². The van der Waals surface area contributed by atoms with Crippen LogP contribution in [0.25, 0.3) is 0 Å². The molecule has 3 heterocycles. The van der Waals surface area contributed by atoms with Crippen molar-refractivity contribution in [2.24, 2.45) is 0 Å². The third kappa shape index (κ3) is 4.92. The smallest absolute Gasteiger partial charge is 0.407 e. The van der Waals surface area contributed by atoms with Gasteiger partial charge < -0.3 is 25.2 Å². The van der Waals surface area contributed by atoms with E-state index in [0.29, 0.717) is 24.2 Å².